The van der Waals surface area contributed by atoms with Gasteiger partial charge in [0.15, 0.2) is 16.9 Å². The third-order valence-electron chi connectivity index (χ3n) is 4.63. The minimum absolute atomic E-state index is 0.0611. The maximum Gasteiger partial charge on any atom is 0.573 e. The molecule has 174 valence electrons. The number of halogens is 3. The Kier molecular flexibility index (Phi) is 5.84. The summed E-state index contributed by atoms with van der Waals surface area (Å²) >= 11 is 0. The molecule has 0 atom stereocenters. The average molecular weight is 472 g/mol. The Morgan fingerprint density at radius 2 is 1.74 bits per heavy atom. The lowest BCUT2D eigenvalue weighted by atomic mass is 10.1. The van der Waals surface area contributed by atoms with E-state index in [4.69, 9.17) is 0 Å². The number of nitrogens with zero attached hydrogens (tertiary/aromatic N) is 5. The van der Waals surface area contributed by atoms with E-state index in [1.54, 1.807) is 24.3 Å². The van der Waals surface area contributed by atoms with Crippen LogP contribution in [0.4, 0.5) is 18.9 Å². The topological polar surface area (TPSA) is 121 Å². The SMILES string of the molecule is CC(=O)c1ccc(NC(=O)Cn2cnc3c(nnn3-c3ccc(OC(F)(F)F)cc3)c2=O)cc1. The summed E-state index contributed by atoms with van der Waals surface area (Å²) in [6.45, 7) is 1.07. The Labute approximate surface area is 188 Å². The molecule has 1 amide bonds. The highest BCUT2D eigenvalue weighted by Crippen LogP contribution is 2.24. The Balaban J connectivity index is 1.52. The van der Waals surface area contributed by atoms with E-state index >= 15 is 0 Å². The normalized spacial score (nSPS) is 11.4. The number of benzene rings is 2. The first kappa shape index (κ1) is 22.6. The van der Waals surface area contributed by atoms with E-state index in [0.717, 1.165) is 23.0 Å². The molecule has 2 aromatic carbocycles. The lowest BCUT2D eigenvalue weighted by Gasteiger charge is -2.09. The van der Waals surface area contributed by atoms with Crippen LogP contribution in [0.1, 0.15) is 17.3 Å². The fraction of sp³-hybridized carbons (Fsp3) is 0.143. The number of anilines is 1. The van der Waals surface area contributed by atoms with Crippen LogP contribution in [-0.4, -0.2) is 42.6 Å². The number of nitrogens with one attached hydrogen (secondary N) is 1. The lowest BCUT2D eigenvalue weighted by molar-refractivity contribution is -0.274. The van der Waals surface area contributed by atoms with E-state index in [-0.39, 0.29) is 23.5 Å². The van der Waals surface area contributed by atoms with Crippen molar-refractivity contribution in [2.45, 2.75) is 19.8 Å². The van der Waals surface area contributed by atoms with Gasteiger partial charge in [0.2, 0.25) is 5.91 Å². The van der Waals surface area contributed by atoms with Gasteiger partial charge >= 0.3 is 6.36 Å². The smallest absolute Gasteiger partial charge is 0.406 e. The molecule has 1 N–H and O–H groups in total. The van der Waals surface area contributed by atoms with Gasteiger partial charge in [-0.15, -0.1) is 18.3 Å². The third kappa shape index (κ3) is 4.92. The highest BCUT2D eigenvalue weighted by atomic mass is 19.4. The van der Waals surface area contributed by atoms with E-state index in [2.05, 4.69) is 25.3 Å². The van der Waals surface area contributed by atoms with Gasteiger partial charge in [-0.3, -0.25) is 19.0 Å². The molecule has 4 rings (SSSR count). The van der Waals surface area contributed by atoms with Crippen LogP contribution in [0.15, 0.2) is 59.7 Å². The minimum Gasteiger partial charge on any atom is -0.406 e. The Hall–Kier alpha value is -4.55. The van der Waals surface area contributed by atoms with Crippen molar-refractivity contribution in [3.8, 4) is 11.4 Å². The molecular weight excluding hydrogens is 457 g/mol. The molecule has 0 unspecified atom stereocenters. The number of Topliss-reactive ketones (excluding diaryl/α,β-unsaturated/α-hetero) is 1. The fourth-order valence-electron chi connectivity index (χ4n) is 3.06. The quantitative estimate of drug-likeness (QED) is 0.428. The number of alkyl halides is 3. The second-order valence-corrected chi connectivity index (χ2v) is 7.07. The molecule has 13 heteroatoms. The number of amides is 1. The summed E-state index contributed by atoms with van der Waals surface area (Å²) in [5, 5.41) is 10.3. The lowest BCUT2D eigenvalue weighted by Crippen LogP contribution is -2.28. The molecule has 2 heterocycles. The van der Waals surface area contributed by atoms with E-state index < -0.39 is 23.6 Å². The molecule has 0 saturated heterocycles. The monoisotopic (exact) mass is 472 g/mol. The van der Waals surface area contributed by atoms with Gasteiger partial charge in [0.05, 0.1) is 5.69 Å². The van der Waals surface area contributed by atoms with Crippen LogP contribution < -0.4 is 15.6 Å². The van der Waals surface area contributed by atoms with Gasteiger partial charge in [-0.05, 0) is 55.5 Å². The maximum atomic E-state index is 12.7. The second kappa shape index (κ2) is 8.77. The number of carbonyl (C=O) groups excluding carboxylic acids is 2. The van der Waals surface area contributed by atoms with Crippen molar-refractivity contribution >= 4 is 28.5 Å². The molecular formula is C21H15F3N6O4. The van der Waals surface area contributed by atoms with Gasteiger partial charge in [-0.2, -0.15) is 4.68 Å². The average Bonchev–Trinajstić information content (AvgIpc) is 3.20. The number of carbonyl (C=O) groups is 2. The zero-order chi connectivity index (χ0) is 24.5. The van der Waals surface area contributed by atoms with Crippen molar-refractivity contribution in [1.82, 2.24) is 24.5 Å². The van der Waals surface area contributed by atoms with Crippen molar-refractivity contribution in [1.29, 1.82) is 0 Å². The molecule has 0 aliphatic heterocycles. The molecule has 34 heavy (non-hydrogen) atoms. The molecule has 0 bridgehead atoms. The fourth-order valence-corrected chi connectivity index (χ4v) is 3.06. The first-order chi connectivity index (χ1) is 16.1. The molecule has 4 aromatic rings. The number of hydrogen-bond acceptors (Lipinski definition) is 7. The van der Waals surface area contributed by atoms with Crippen LogP contribution in [0.5, 0.6) is 5.75 Å². The number of ether oxygens (including phenoxy) is 1. The summed E-state index contributed by atoms with van der Waals surface area (Å²) in [4.78, 5) is 40.5. The standard InChI is InChI=1S/C21H15F3N6O4/c1-12(31)13-2-4-14(5-3-13)26-17(32)10-29-11-25-19-18(20(29)33)27-28-30(19)15-6-8-16(9-7-15)34-21(22,23)24/h2-9,11H,10H2,1H3,(H,26,32). The van der Waals surface area contributed by atoms with Gasteiger partial charge in [0, 0.05) is 11.3 Å². The number of fused-ring (bicyclic) bond motifs is 1. The van der Waals surface area contributed by atoms with E-state index in [9.17, 15) is 27.6 Å². The van der Waals surface area contributed by atoms with Crippen molar-refractivity contribution in [3.63, 3.8) is 0 Å². The van der Waals surface area contributed by atoms with Gasteiger partial charge in [-0.1, -0.05) is 5.21 Å². The largest absolute Gasteiger partial charge is 0.573 e. The second-order valence-electron chi connectivity index (χ2n) is 7.07. The first-order valence-electron chi connectivity index (χ1n) is 9.68. The third-order valence-corrected chi connectivity index (χ3v) is 4.63. The molecule has 0 saturated carbocycles. The summed E-state index contributed by atoms with van der Waals surface area (Å²) < 4.78 is 43.0. The molecule has 10 nitrogen and oxygen atoms in total. The van der Waals surface area contributed by atoms with Gasteiger partial charge in [-0.25, -0.2) is 4.98 Å². The number of hydrogen-bond donors (Lipinski definition) is 1. The molecule has 0 aliphatic rings. The van der Waals surface area contributed by atoms with Crippen LogP contribution in [0.25, 0.3) is 16.9 Å². The van der Waals surface area contributed by atoms with Gasteiger partial charge in [0.1, 0.15) is 18.6 Å². The van der Waals surface area contributed by atoms with Crippen LogP contribution >= 0.6 is 0 Å². The van der Waals surface area contributed by atoms with Gasteiger partial charge < -0.3 is 10.1 Å². The molecule has 0 radical (unpaired) electrons. The highest BCUT2D eigenvalue weighted by Gasteiger charge is 2.31. The van der Waals surface area contributed by atoms with Crippen molar-refractivity contribution in [2.75, 3.05) is 5.32 Å². The zero-order valence-corrected chi connectivity index (χ0v) is 17.4. The van der Waals surface area contributed by atoms with Crippen LogP contribution in [0.3, 0.4) is 0 Å². The molecule has 0 fully saturated rings. The van der Waals surface area contributed by atoms with Crippen molar-refractivity contribution in [3.05, 3.63) is 70.8 Å². The van der Waals surface area contributed by atoms with Crippen molar-refractivity contribution < 1.29 is 27.5 Å². The summed E-state index contributed by atoms with van der Waals surface area (Å²) in [5.74, 6) is -1.04. The Bertz CT molecular complexity index is 1430. The van der Waals surface area contributed by atoms with Crippen LogP contribution in [-0.2, 0) is 11.3 Å². The molecule has 0 aliphatic carbocycles. The first-order valence-corrected chi connectivity index (χ1v) is 9.68. The highest BCUT2D eigenvalue weighted by molar-refractivity contribution is 5.95. The summed E-state index contributed by atoms with van der Waals surface area (Å²) in [6.07, 6.45) is -3.68. The Morgan fingerprint density at radius 1 is 1.06 bits per heavy atom. The zero-order valence-electron chi connectivity index (χ0n) is 17.4. The van der Waals surface area contributed by atoms with E-state index in [0.29, 0.717) is 16.9 Å². The predicted molar refractivity (Wildman–Crippen MR) is 113 cm³/mol. The predicted octanol–water partition coefficient (Wildman–Crippen LogP) is 2.72. The molecule has 0 spiro atoms. The summed E-state index contributed by atoms with van der Waals surface area (Å²) in [7, 11) is 0. The maximum absolute atomic E-state index is 12.7. The number of ketones is 1. The minimum atomic E-state index is -4.82. The van der Waals surface area contributed by atoms with Crippen molar-refractivity contribution in [2.24, 2.45) is 0 Å². The number of rotatable bonds is 6. The van der Waals surface area contributed by atoms with Gasteiger partial charge in [0.25, 0.3) is 5.56 Å². The van der Waals surface area contributed by atoms with Crippen LogP contribution in [0.2, 0.25) is 0 Å². The van der Waals surface area contributed by atoms with Crippen LogP contribution in [0, 0.1) is 0 Å². The van der Waals surface area contributed by atoms with E-state index in [1.165, 1.54) is 23.7 Å². The summed E-state index contributed by atoms with van der Waals surface area (Å²) in [6, 6.07) is 11.0. The number of aromatic nitrogens is 5. The molecule has 2 aromatic heterocycles. The Morgan fingerprint density at radius 3 is 2.35 bits per heavy atom. The van der Waals surface area contributed by atoms with E-state index in [1.807, 2.05) is 0 Å². The summed E-state index contributed by atoms with van der Waals surface area (Å²) in [5.41, 5.74) is 0.543.